The third-order valence-corrected chi connectivity index (χ3v) is 11.9. The average Bonchev–Trinajstić information content (AvgIpc) is 3.20. The lowest BCUT2D eigenvalue weighted by atomic mass is 10.0. The van der Waals surface area contributed by atoms with E-state index < -0.39 is 26.5 Å². The molecule has 0 aliphatic rings. The molecule has 0 saturated carbocycles. The van der Waals surface area contributed by atoms with Crippen LogP contribution in [0.2, 0.25) is 0 Å². The second-order valence-electron chi connectivity index (χ2n) is 18.2. The molecule has 0 aliphatic carbocycles. The Kier molecular flexibility index (Phi) is 41.7. The normalized spacial score (nSPS) is 13.6. The maximum atomic E-state index is 12.7. The van der Waals surface area contributed by atoms with Crippen LogP contribution in [-0.2, 0) is 32.7 Å². The molecule has 9 nitrogen and oxygen atoms in total. The number of ether oxygens (including phenoxy) is 2. The van der Waals surface area contributed by atoms with Crippen molar-refractivity contribution in [2.75, 3.05) is 47.5 Å². The predicted octanol–water partition coefficient (Wildman–Crippen LogP) is 14.7. The molecule has 0 bridgehead atoms. The van der Waals surface area contributed by atoms with Crippen molar-refractivity contribution >= 4 is 19.8 Å². The second kappa shape index (κ2) is 42.8. The van der Waals surface area contributed by atoms with Gasteiger partial charge in [-0.15, -0.1) is 0 Å². The van der Waals surface area contributed by atoms with Crippen molar-refractivity contribution < 1.29 is 42.1 Å². The van der Waals surface area contributed by atoms with Gasteiger partial charge in [-0.3, -0.25) is 18.6 Å². The standard InChI is InChI=1S/C50H96NO8P/c1-6-8-10-12-14-16-18-20-21-22-23-24-25-26-27-28-29-31-33-35-37-39-41-43-50(53)59-48(47-58-60(54,55)57-45-44-51(3,4)5)46-56-49(52)42-40-38-36-34-32-30-19-17-15-13-11-9-7-2/h30,32,35,37,48H,6-29,31,33-34,36,38-47H2,1-5H3/p+1/b32-30+,37-35+/t48-/m1/s1. The Morgan fingerprint density at radius 1 is 0.500 bits per heavy atom. The summed E-state index contributed by atoms with van der Waals surface area (Å²) < 4.78 is 34.3. The Morgan fingerprint density at radius 3 is 1.28 bits per heavy atom. The fraction of sp³-hybridized carbons (Fsp3) is 0.880. The highest BCUT2D eigenvalue weighted by Crippen LogP contribution is 2.43. The first kappa shape index (κ1) is 58.5. The molecule has 1 unspecified atom stereocenters. The van der Waals surface area contributed by atoms with Gasteiger partial charge in [-0.05, 0) is 57.8 Å². The third kappa shape index (κ3) is 46.0. The van der Waals surface area contributed by atoms with Crippen LogP contribution >= 0.6 is 7.82 Å². The fourth-order valence-corrected chi connectivity index (χ4v) is 7.76. The van der Waals surface area contributed by atoms with Crippen molar-refractivity contribution in [3.63, 3.8) is 0 Å². The van der Waals surface area contributed by atoms with Gasteiger partial charge in [0.05, 0.1) is 27.7 Å². The highest BCUT2D eigenvalue weighted by molar-refractivity contribution is 7.47. The number of phosphoric acid groups is 1. The number of esters is 2. The van der Waals surface area contributed by atoms with Gasteiger partial charge in [-0.25, -0.2) is 4.57 Å². The molecular formula is C50H97NO8P+. The Morgan fingerprint density at radius 2 is 0.867 bits per heavy atom. The quantitative estimate of drug-likeness (QED) is 0.0212. The summed E-state index contributed by atoms with van der Waals surface area (Å²) in [4.78, 5) is 35.4. The highest BCUT2D eigenvalue weighted by atomic mass is 31.2. The minimum absolute atomic E-state index is 0.0265. The Hall–Kier alpha value is -1.51. The van der Waals surface area contributed by atoms with E-state index in [-0.39, 0.29) is 32.0 Å². The minimum Gasteiger partial charge on any atom is -0.462 e. The number of likely N-dealkylation sites (N-methyl/N-ethyl adjacent to an activating group) is 1. The molecule has 354 valence electrons. The number of quaternary nitrogens is 1. The number of allylic oxidation sites excluding steroid dienone is 4. The monoisotopic (exact) mass is 871 g/mol. The maximum Gasteiger partial charge on any atom is 0.472 e. The third-order valence-electron chi connectivity index (χ3n) is 11.0. The zero-order chi connectivity index (χ0) is 44.3. The molecule has 2 atom stereocenters. The van der Waals surface area contributed by atoms with E-state index in [9.17, 15) is 19.0 Å². The summed E-state index contributed by atoms with van der Waals surface area (Å²) >= 11 is 0. The number of phosphoric ester groups is 1. The van der Waals surface area contributed by atoms with Crippen LogP contribution < -0.4 is 0 Å². The Labute approximate surface area is 370 Å². The molecule has 0 heterocycles. The van der Waals surface area contributed by atoms with Gasteiger partial charge in [-0.1, -0.05) is 186 Å². The van der Waals surface area contributed by atoms with Gasteiger partial charge in [-0.2, -0.15) is 0 Å². The number of unbranched alkanes of at least 4 members (excludes halogenated alkanes) is 28. The number of hydrogen-bond donors (Lipinski definition) is 1. The van der Waals surface area contributed by atoms with Gasteiger partial charge in [0.1, 0.15) is 19.8 Å². The molecule has 0 rings (SSSR count). The minimum atomic E-state index is -4.38. The van der Waals surface area contributed by atoms with Crippen LogP contribution in [0.1, 0.15) is 232 Å². The largest absolute Gasteiger partial charge is 0.472 e. The molecule has 0 aliphatic heterocycles. The molecule has 0 aromatic rings. The molecule has 0 aromatic heterocycles. The van der Waals surface area contributed by atoms with Crippen molar-refractivity contribution in [1.29, 1.82) is 0 Å². The predicted molar refractivity (Wildman–Crippen MR) is 252 cm³/mol. The lowest BCUT2D eigenvalue weighted by Crippen LogP contribution is -2.37. The van der Waals surface area contributed by atoms with Crippen LogP contribution in [0.3, 0.4) is 0 Å². The molecular weight excluding hydrogens is 774 g/mol. The van der Waals surface area contributed by atoms with E-state index in [0.717, 1.165) is 38.5 Å². The van der Waals surface area contributed by atoms with Crippen LogP contribution in [0.15, 0.2) is 24.3 Å². The number of carbonyl (C=O) groups is 2. The lowest BCUT2D eigenvalue weighted by molar-refractivity contribution is -0.870. The van der Waals surface area contributed by atoms with Gasteiger partial charge >= 0.3 is 19.8 Å². The summed E-state index contributed by atoms with van der Waals surface area (Å²) in [5, 5.41) is 0. The summed E-state index contributed by atoms with van der Waals surface area (Å²) in [7, 11) is 1.46. The molecule has 0 spiro atoms. The van der Waals surface area contributed by atoms with Crippen LogP contribution in [-0.4, -0.2) is 74.9 Å². The van der Waals surface area contributed by atoms with Gasteiger partial charge in [0.15, 0.2) is 6.10 Å². The Balaban J connectivity index is 4.24. The van der Waals surface area contributed by atoms with Crippen molar-refractivity contribution in [1.82, 2.24) is 0 Å². The summed E-state index contributed by atoms with van der Waals surface area (Å²) in [6.07, 6.45) is 48.2. The smallest absolute Gasteiger partial charge is 0.462 e. The van der Waals surface area contributed by atoms with E-state index in [1.165, 1.54) is 154 Å². The molecule has 10 heteroatoms. The number of hydrogen-bond acceptors (Lipinski definition) is 7. The van der Waals surface area contributed by atoms with E-state index in [4.69, 9.17) is 18.5 Å². The maximum absolute atomic E-state index is 12.7. The van der Waals surface area contributed by atoms with Crippen molar-refractivity contribution in [2.45, 2.75) is 238 Å². The highest BCUT2D eigenvalue weighted by Gasteiger charge is 2.27. The number of carbonyl (C=O) groups excluding carboxylic acids is 2. The molecule has 0 radical (unpaired) electrons. The van der Waals surface area contributed by atoms with Crippen LogP contribution in [0, 0.1) is 0 Å². The molecule has 60 heavy (non-hydrogen) atoms. The second-order valence-corrected chi connectivity index (χ2v) is 19.6. The van der Waals surface area contributed by atoms with Crippen molar-refractivity contribution in [3.05, 3.63) is 24.3 Å². The lowest BCUT2D eigenvalue weighted by Gasteiger charge is -2.24. The van der Waals surface area contributed by atoms with E-state index in [2.05, 4.69) is 38.2 Å². The van der Waals surface area contributed by atoms with E-state index in [1.54, 1.807) is 0 Å². The molecule has 0 aromatic carbocycles. The first-order valence-corrected chi connectivity index (χ1v) is 26.6. The van der Waals surface area contributed by atoms with Crippen molar-refractivity contribution in [2.24, 2.45) is 0 Å². The van der Waals surface area contributed by atoms with E-state index in [0.29, 0.717) is 23.9 Å². The molecule has 1 N–H and O–H groups in total. The zero-order valence-electron chi connectivity index (χ0n) is 40.0. The van der Waals surface area contributed by atoms with E-state index >= 15 is 0 Å². The van der Waals surface area contributed by atoms with Crippen LogP contribution in [0.25, 0.3) is 0 Å². The SMILES string of the molecule is CCCCCCCC/C=C/CCCCCC(=O)OC[C@H](COP(=O)(O)OCC[N+](C)(C)C)OC(=O)CCC/C=C/CCCCCCCCCCCCCCCCCCCC. The Bertz CT molecular complexity index is 1070. The van der Waals surface area contributed by atoms with Gasteiger partial charge in [0, 0.05) is 12.8 Å². The first-order valence-electron chi connectivity index (χ1n) is 25.1. The van der Waals surface area contributed by atoms with Gasteiger partial charge in [0.2, 0.25) is 0 Å². The topological polar surface area (TPSA) is 108 Å². The van der Waals surface area contributed by atoms with Gasteiger partial charge in [0.25, 0.3) is 0 Å². The summed E-state index contributed by atoms with van der Waals surface area (Å²) in [6.45, 7) is 4.40. The zero-order valence-corrected chi connectivity index (χ0v) is 40.9. The van der Waals surface area contributed by atoms with Gasteiger partial charge < -0.3 is 18.9 Å². The number of rotatable bonds is 46. The summed E-state index contributed by atoms with van der Waals surface area (Å²) in [5.41, 5.74) is 0. The first-order chi connectivity index (χ1) is 29.0. The van der Waals surface area contributed by atoms with Crippen molar-refractivity contribution in [3.8, 4) is 0 Å². The van der Waals surface area contributed by atoms with E-state index in [1.807, 2.05) is 21.1 Å². The molecule has 0 fully saturated rings. The summed E-state index contributed by atoms with van der Waals surface area (Å²) in [6, 6.07) is 0. The fourth-order valence-electron chi connectivity index (χ4n) is 7.01. The average molecular weight is 871 g/mol. The number of nitrogens with zero attached hydrogens (tertiary/aromatic N) is 1. The molecule has 0 saturated heterocycles. The van der Waals surface area contributed by atoms with Crippen LogP contribution in [0.5, 0.6) is 0 Å². The summed E-state index contributed by atoms with van der Waals surface area (Å²) in [5.74, 6) is -0.846. The van der Waals surface area contributed by atoms with Crippen LogP contribution in [0.4, 0.5) is 0 Å². The molecule has 0 amide bonds.